The molecule has 9 nitrogen and oxygen atoms in total. The minimum Gasteiger partial charge on any atom is -0.457 e. The molecule has 0 bridgehead atoms. The first kappa shape index (κ1) is 25.9. The monoisotopic (exact) mass is 515 g/mol. The lowest BCUT2D eigenvalue weighted by Gasteiger charge is -2.45. The minimum atomic E-state index is -0.0781. The van der Waals surface area contributed by atoms with Crippen molar-refractivity contribution in [2.24, 2.45) is 0 Å². The summed E-state index contributed by atoms with van der Waals surface area (Å²) in [6.07, 6.45) is 10.5. The van der Waals surface area contributed by atoms with Gasteiger partial charge in [0.2, 0.25) is 0 Å². The van der Waals surface area contributed by atoms with Gasteiger partial charge in [0.05, 0.1) is 12.1 Å². The fraction of sp³-hybridized carbons (Fsp3) is 0.414. The maximum Gasteiger partial charge on any atom is 0.330 e. The van der Waals surface area contributed by atoms with Crippen molar-refractivity contribution >= 4 is 23.4 Å². The van der Waals surface area contributed by atoms with Gasteiger partial charge in [-0.15, -0.1) is 0 Å². The van der Waals surface area contributed by atoms with Crippen LogP contribution in [0, 0.1) is 0 Å². The molecule has 1 aromatic carbocycles. The second kappa shape index (κ2) is 11.4. The summed E-state index contributed by atoms with van der Waals surface area (Å²) in [5.74, 6) is 2.30. The molecule has 0 unspecified atom stereocenters. The number of piperazine rings is 1. The van der Waals surface area contributed by atoms with E-state index in [-0.39, 0.29) is 12.1 Å². The number of nitrogens with zero attached hydrogens (tertiary/aromatic N) is 6. The zero-order valence-corrected chi connectivity index (χ0v) is 22.1. The maximum absolute atomic E-state index is 14.0. The Kier molecular flexibility index (Phi) is 7.76. The first-order valence-electron chi connectivity index (χ1n) is 13.3. The summed E-state index contributed by atoms with van der Waals surface area (Å²) in [4.78, 5) is 31.4. The van der Waals surface area contributed by atoms with Crippen LogP contribution >= 0.6 is 0 Å². The van der Waals surface area contributed by atoms with E-state index in [0.29, 0.717) is 35.7 Å². The molecular formula is C29H37N7O2. The van der Waals surface area contributed by atoms with Crippen LogP contribution in [0.1, 0.15) is 31.2 Å². The number of nitrogens with two attached hydrogens (primary N) is 1. The highest BCUT2D eigenvalue weighted by Gasteiger charge is 2.40. The number of hydrogen-bond acceptors (Lipinski definition) is 7. The van der Waals surface area contributed by atoms with Crippen LogP contribution in [-0.2, 0) is 6.54 Å². The molecule has 200 valence electrons. The molecule has 3 heterocycles. The Hall–Kier alpha value is -3.69. The molecule has 2 N–H and O–H groups in total. The standard InChI is InChI=1S/C29H37N7O2/c1-4-6-24(5-2)38-25-13-11-22(12-14-25)35-19-26-27(30)31-20-32-28(26)36(29(35)37)23-9-7-21(8-10-23)34-17-15-33(3)16-18-34/h4-6,11-14,20-21,23H,1-2,7-10,15-19H2,3H3,(H2,30,31,32)/b24-6+. The topological polar surface area (TPSA) is 91.1 Å². The van der Waals surface area contributed by atoms with Crippen molar-refractivity contribution in [3.63, 3.8) is 0 Å². The molecule has 2 fully saturated rings. The second-order valence-corrected chi connectivity index (χ2v) is 10.2. The lowest BCUT2D eigenvalue weighted by molar-refractivity contribution is 0.0878. The molecule has 3 aliphatic rings. The van der Waals surface area contributed by atoms with E-state index in [1.807, 2.05) is 29.2 Å². The van der Waals surface area contributed by atoms with Gasteiger partial charge >= 0.3 is 6.03 Å². The number of rotatable bonds is 7. The number of hydrogen-bond donors (Lipinski definition) is 1. The number of likely N-dealkylation sites (N-methyl/N-ethyl adjacent to an activating group) is 1. The lowest BCUT2D eigenvalue weighted by Crippen LogP contribution is -2.55. The summed E-state index contributed by atoms with van der Waals surface area (Å²) >= 11 is 0. The maximum atomic E-state index is 14.0. The van der Waals surface area contributed by atoms with Crippen LogP contribution in [0.5, 0.6) is 5.75 Å². The highest BCUT2D eigenvalue weighted by molar-refractivity contribution is 6.06. The van der Waals surface area contributed by atoms with E-state index in [0.717, 1.165) is 63.1 Å². The molecule has 2 aliphatic heterocycles. The molecule has 2 amide bonds. The molecule has 1 saturated carbocycles. The largest absolute Gasteiger partial charge is 0.457 e. The second-order valence-electron chi connectivity index (χ2n) is 10.2. The van der Waals surface area contributed by atoms with Gasteiger partial charge in [-0.3, -0.25) is 14.7 Å². The van der Waals surface area contributed by atoms with Crippen molar-refractivity contribution in [2.75, 3.05) is 48.8 Å². The van der Waals surface area contributed by atoms with E-state index >= 15 is 0 Å². The van der Waals surface area contributed by atoms with Crippen LogP contribution in [0.3, 0.4) is 0 Å². The third kappa shape index (κ3) is 5.30. The van der Waals surface area contributed by atoms with Gasteiger partial charge < -0.3 is 15.4 Å². The van der Waals surface area contributed by atoms with Crippen molar-refractivity contribution in [1.29, 1.82) is 0 Å². The number of benzene rings is 1. The third-order valence-corrected chi connectivity index (χ3v) is 7.89. The van der Waals surface area contributed by atoms with Crippen molar-refractivity contribution in [2.45, 2.75) is 44.3 Å². The van der Waals surface area contributed by atoms with Gasteiger partial charge in [0.25, 0.3) is 0 Å². The number of anilines is 3. The lowest BCUT2D eigenvalue weighted by atomic mass is 9.88. The van der Waals surface area contributed by atoms with Gasteiger partial charge in [-0.25, -0.2) is 14.8 Å². The molecule has 5 rings (SSSR count). The smallest absolute Gasteiger partial charge is 0.330 e. The van der Waals surface area contributed by atoms with Crippen LogP contribution in [0.2, 0.25) is 0 Å². The van der Waals surface area contributed by atoms with Gasteiger partial charge in [-0.05, 0) is 69.1 Å². The molecule has 2 aromatic rings. The van der Waals surface area contributed by atoms with Gasteiger partial charge in [-0.2, -0.15) is 0 Å². The fourth-order valence-corrected chi connectivity index (χ4v) is 5.71. The van der Waals surface area contributed by atoms with E-state index < -0.39 is 0 Å². The first-order chi connectivity index (χ1) is 18.5. The number of urea groups is 1. The average molecular weight is 516 g/mol. The summed E-state index contributed by atoms with van der Waals surface area (Å²) in [7, 11) is 2.19. The van der Waals surface area contributed by atoms with Crippen molar-refractivity contribution in [3.05, 3.63) is 73.3 Å². The number of fused-ring (bicyclic) bond motifs is 1. The third-order valence-electron chi connectivity index (χ3n) is 7.89. The van der Waals surface area contributed by atoms with Gasteiger partial charge in [0, 0.05) is 44.0 Å². The molecule has 38 heavy (non-hydrogen) atoms. The fourth-order valence-electron chi connectivity index (χ4n) is 5.71. The van der Waals surface area contributed by atoms with Gasteiger partial charge in [0.15, 0.2) is 0 Å². The summed E-state index contributed by atoms with van der Waals surface area (Å²) < 4.78 is 5.84. The van der Waals surface area contributed by atoms with Crippen LogP contribution in [-0.4, -0.2) is 71.1 Å². The van der Waals surface area contributed by atoms with E-state index in [2.05, 4.69) is 40.0 Å². The van der Waals surface area contributed by atoms with E-state index in [9.17, 15) is 4.79 Å². The summed E-state index contributed by atoms with van der Waals surface area (Å²) in [5.41, 5.74) is 7.85. The summed E-state index contributed by atoms with van der Waals surface area (Å²) in [6, 6.07) is 8.03. The van der Waals surface area contributed by atoms with Crippen LogP contribution in [0.4, 0.5) is 22.1 Å². The predicted molar refractivity (Wildman–Crippen MR) is 151 cm³/mol. The molecular weight excluding hydrogens is 478 g/mol. The van der Waals surface area contributed by atoms with E-state index in [1.165, 1.54) is 6.33 Å². The Morgan fingerprint density at radius 3 is 2.37 bits per heavy atom. The van der Waals surface area contributed by atoms with Gasteiger partial charge in [0.1, 0.15) is 29.5 Å². The van der Waals surface area contributed by atoms with Crippen molar-refractivity contribution in [1.82, 2.24) is 19.8 Å². The highest BCUT2D eigenvalue weighted by atomic mass is 16.5. The predicted octanol–water partition coefficient (Wildman–Crippen LogP) is 4.20. The average Bonchev–Trinajstić information content (AvgIpc) is 2.94. The Morgan fingerprint density at radius 1 is 1.03 bits per heavy atom. The minimum absolute atomic E-state index is 0.0730. The molecule has 1 saturated heterocycles. The molecule has 0 atom stereocenters. The summed E-state index contributed by atoms with van der Waals surface area (Å²) in [5, 5.41) is 0. The Labute approximate surface area is 224 Å². The quantitative estimate of drug-likeness (QED) is 0.437. The van der Waals surface area contributed by atoms with Crippen molar-refractivity contribution < 1.29 is 9.53 Å². The zero-order valence-electron chi connectivity index (χ0n) is 22.1. The number of amides is 2. The number of nitrogen functional groups attached to an aromatic ring is 1. The first-order valence-corrected chi connectivity index (χ1v) is 13.3. The van der Waals surface area contributed by atoms with E-state index in [4.69, 9.17) is 10.5 Å². The Balaban J connectivity index is 1.35. The van der Waals surface area contributed by atoms with Crippen LogP contribution < -0.4 is 20.3 Å². The number of carbonyl (C=O) groups is 1. The molecule has 0 radical (unpaired) electrons. The SMILES string of the molecule is C=C/C=C(\C=C)Oc1ccc(N2Cc3c(N)ncnc3N(C3CCC(N4CCN(C)CC4)CC3)C2=O)cc1. The number of ether oxygens (including phenoxy) is 1. The number of allylic oxidation sites excluding steroid dienone is 3. The summed E-state index contributed by atoms with van der Waals surface area (Å²) in [6.45, 7) is 12.3. The number of carbonyl (C=O) groups excluding carboxylic acids is 1. The highest BCUT2D eigenvalue weighted by Crippen LogP contribution is 2.38. The molecule has 0 spiro atoms. The molecule has 9 heteroatoms. The van der Waals surface area contributed by atoms with Crippen LogP contribution in [0.25, 0.3) is 0 Å². The molecule has 1 aromatic heterocycles. The normalized spacial score (nSPS) is 23.2. The molecule has 1 aliphatic carbocycles. The van der Waals surface area contributed by atoms with Gasteiger partial charge in [-0.1, -0.05) is 19.2 Å². The van der Waals surface area contributed by atoms with Crippen LogP contribution in [0.15, 0.2) is 67.7 Å². The zero-order chi connectivity index (χ0) is 26.6. The Bertz CT molecular complexity index is 1200. The Morgan fingerprint density at radius 2 is 1.71 bits per heavy atom. The number of aromatic nitrogens is 2. The van der Waals surface area contributed by atoms with Crippen molar-refractivity contribution in [3.8, 4) is 5.75 Å². The van der Waals surface area contributed by atoms with E-state index in [1.54, 1.807) is 23.1 Å².